The smallest absolute Gasteiger partial charge is 0.265 e. The molecule has 1 heterocycles. The Morgan fingerprint density at radius 2 is 1.76 bits per heavy atom. The average Bonchev–Trinajstić information content (AvgIpc) is 3.66. The molecule has 10 heteroatoms. The van der Waals surface area contributed by atoms with E-state index in [-0.39, 0.29) is 16.6 Å². The lowest BCUT2D eigenvalue weighted by Crippen LogP contribution is -2.43. The molecule has 184 valence electrons. The van der Waals surface area contributed by atoms with Crippen LogP contribution >= 0.6 is 0 Å². The van der Waals surface area contributed by atoms with E-state index in [4.69, 9.17) is 14.2 Å². The Hall–Kier alpha value is -2.82. The number of nitrogens with one attached hydrogen (secondary N) is 2. The van der Waals surface area contributed by atoms with Crippen molar-refractivity contribution >= 4 is 21.6 Å². The van der Waals surface area contributed by atoms with Gasteiger partial charge in [0.1, 0.15) is 16.4 Å². The number of methoxy groups -OCH3 is 2. The SMILES string of the molecule is COc1ccc(OC)c(S(=O)(=O)Nc2ccc(C3(C(=O)NCCN4CCOCC4)CC3)cc2)c1. The molecule has 0 radical (unpaired) electrons. The third-order valence-corrected chi connectivity index (χ3v) is 7.75. The second kappa shape index (κ2) is 10.2. The molecule has 2 N–H and O–H groups in total. The molecule has 9 nitrogen and oxygen atoms in total. The van der Waals surface area contributed by atoms with Crippen molar-refractivity contribution in [3.63, 3.8) is 0 Å². The summed E-state index contributed by atoms with van der Waals surface area (Å²) >= 11 is 0. The summed E-state index contributed by atoms with van der Waals surface area (Å²) in [4.78, 5) is 15.2. The fourth-order valence-electron chi connectivity index (χ4n) is 4.15. The fourth-order valence-corrected chi connectivity index (χ4v) is 5.40. The number of ether oxygens (including phenoxy) is 3. The molecule has 1 saturated heterocycles. The Kier molecular flexibility index (Phi) is 7.30. The lowest BCUT2D eigenvalue weighted by Gasteiger charge is -2.27. The highest BCUT2D eigenvalue weighted by molar-refractivity contribution is 7.92. The minimum absolute atomic E-state index is 0.0169. The largest absolute Gasteiger partial charge is 0.497 e. The maximum Gasteiger partial charge on any atom is 0.265 e. The van der Waals surface area contributed by atoms with Gasteiger partial charge in [0, 0.05) is 37.9 Å². The summed E-state index contributed by atoms with van der Waals surface area (Å²) in [5.41, 5.74) is 0.758. The first-order chi connectivity index (χ1) is 16.4. The van der Waals surface area contributed by atoms with E-state index < -0.39 is 15.4 Å². The monoisotopic (exact) mass is 489 g/mol. The third kappa shape index (κ3) is 5.29. The van der Waals surface area contributed by atoms with Crippen LogP contribution in [0.2, 0.25) is 0 Å². The van der Waals surface area contributed by atoms with Gasteiger partial charge in [0.25, 0.3) is 10.0 Å². The van der Waals surface area contributed by atoms with E-state index in [0.717, 1.165) is 51.3 Å². The third-order valence-electron chi connectivity index (χ3n) is 6.35. The van der Waals surface area contributed by atoms with Crippen LogP contribution in [-0.4, -0.2) is 72.8 Å². The van der Waals surface area contributed by atoms with Crippen LogP contribution in [0.4, 0.5) is 5.69 Å². The summed E-state index contributed by atoms with van der Waals surface area (Å²) in [6.07, 6.45) is 1.56. The van der Waals surface area contributed by atoms with Gasteiger partial charge in [0.2, 0.25) is 5.91 Å². The molecule has 4 rings (SSSR count). The molecule has 2 fully saturated rings. The highest BCUT2D eigenvalue weighted by atomic mass is 32.2. The van der Waals surface area contributed by atoms with Crippen LogP contribution in [0.15, 0.2) is 47.4 Å². The van der Waals surface area contributed by atoms with Crippen LogP contribution in [0.3, 0.4) is 0 Å². The molecule has 0 atom stereocenters. The average molecular weight is 490 g/mol. The van der Waals surface area contributed by atoms with Gasteiger partial charge < -0.3 is 19.5 Å². The number of benzene rings is 2. The van der Waals surface area contributed by atoms with Crippen molar-refractivity contribution in [1.29, 1.82) is 0 Å². The number of rotatable bonds is 10. The van der Waals surface area contributed by atoms with Gasteiger partial charge in [0.05, 0.1) is 32.8 Å². The van der Waals surface area contributed by atoms with E-state index in [1.807, 2.05) is 12.1 Å². The predicted octanol–water partition coefficient (Wildman–Crippen LogP) is 1.98. The molecule has 0 spiro atoms. The van der Waals surface area contributed by atoms with E-state index in [0.29, 0.717) is 18.0 Å². The van der Waals surface area contributed by atoms with Gasteiger partial charge in [-0.1, -0.05) is 12.1 Å². The number of carbonyl (C=O) groups is 1. The van der Waals surface area contributed by atoms with Gasteiger partial charge in [0.15, 0.2) is 0 Å². The van der Waals surface area contributed by atoms with Crippen molar-refractivity contribution in [2.24, 2.45) is 0 Å². The van der Waals surface area contributed by atoms with E-state index in [9.17, 15) is 13.2 Å². The zero-order chi connectivity index (χ0) is 24.2. The van der Waals surface area contributed by atoms with E-state index in [1.54, 1.807) is 24.3 Å². The van der Waals surface area contributed by atoms with E-state index in [2.05, 4.69) is 14.9 Å². The van der Waals surface area contributed by atoms with Crippen molar-refractivity contribution in [3.05, 3.63) is 48.0 Å². The summed E-state index contributed by atoms with van der Waals surface area (Å²) in [5, 5.41) is 3.07. The van der Waals surface area contributed by atoms with Gasteiger partial charge >= 0.3 is 0 Å². The number of morpholine rings is 1. The number of nitrogens with zero attached hydrogens (tertiary/aromatic N) is 1. The first kappa shape index (κ1) is 24.3. The summed E-state index contributed by atoms with van der Waals surface area (Å²) in [6.45, 7) is 4.65. The molecular formula is C24H31N3O6S. The van der Waals surface area contributed by atoms with Crippen molar-refractivity contribution < 1.29 is 27.4 Å². The maximum atomic E-state index is 13.0. The number of hydrogen-bond acceptors (Lipinski definition) is 7. The lowest BCUT2D eigenvalue weighted by molar-refractivity contribution is -0.123. The summed E-state index contributed by atoms with van der Waals surface area (Å²) < 4.78 is 44.2. The maximum absolute atomic E-state index is 13.0. The molecule has 2 aromatic rings. The first-order valence-electron chi connectivity index (χ1n) is 11.3. The first-order valence-corrected chi connectivity index (χ1v) is 12.8. The number of carbonyl (C=O) groups excluding carboxylic acids is 1. The number of sulfonamides is 1. The van der Waals surface area contributed by atoms with Crippen molar-refractivity contribution in [2.45, 2.75) is 23.2 Å². The molecule has 0 bridgehead atoms. The summed E-state index contributed by atoms with van der Waals surface area (Å²) in [5.74, 6) is 0.651. The van der Waals surface area contributed by atoms with Crippen LogP contribution in [0, 0.1) is 0 Å². The normalized spacial score (nSPS) is 17.6. The summed E-state index contributed by atoms with van der Waals surface area (Å²) in [7, 11) is -1.03. The molecule has 1 aliphatic heterocycles. The van der Waals surface area contributed by atoms with Gasteiger partial charge in [-0.15, -0.1) is 0 Å². The number of anilines is 1. The molecule has 34 heavy (non-hydrogen) atoms. The van der Waals surface area contributed by atoms with Crippen LogP contribution in [-0.2, 0) is 25.0 Å². The number of amides is 1. The van der Waals surface area contributed by atoms with Crippen molar-refractivity contribution in [3.8, 4) is 11.5 Å². The summed E-state index contributed by atoms with van der Waals surface area (Å²) in [6, 6.07) is 11.6. The van der Waals surface area contributed by atoms with Gasteiger partial charge in [-0.25, -0.2) is 8.42 Å². The molecule has 1 amide bonds. The van der Waals surface area contributed by atoms with Gasteiger partial charge in [-0.05, 0) is 42.7 Å². The standard InChI is InChI=1S/C24H31N3O6S/c1-31-20-7-8-21(32-2)22(17-20)34(29,30)26-19-5-3-18(4-6-19)24(9-10-24)23(28)25-11-12-27-13-15-33-16-14-27/h3-8,17,26H,9-16H2,1-2H3,(H,25,28). The van der Waals surface area contributed by atoms with Crippen molar-refractivity contribution in [1.82, 2.24) is 10.2 Å². The molecule has 1 saturated carbocycles. The molecular weight excluding hydrogens is 458 g/mol. The Bertz CT molecular complexity index is 1110. The minimum Gasteiger partial charge on any atom is -0.497 e. The Labute approximate surface area is 200 Å². The lowest BCUT2D eigenvalue weighted by atomic mass is 9.95. The van der Waals surface area contributed by atoms with Crippen LogP contribution in [0.5, 0.6) is 11.5 Å². The predicted molar refractivity (Wildman–Crippen MR) is 128 cm³/mol. The molecule has 2 aromatic carbocycles. The highest BCUT2D eigenvalue weighted by Gasteiger charge is 2.51. The van der Waals surface area contributed by atoms with Crippen molar-refractivity contribution in [2.75, 3.05) is 58.3 Å². The second-order valence-corrected chi connectivity index (χ2v) is 10.1. The molecule has 0 aromatic heterocycles. The Balaban J connectivity index is 1.40. The van der Waals surface area contributed by atoms with E-state index >= 15 is 0 Å². The second-order valence-electron chi connectivity index (χ2n) is 8.49. The minimum atomic E-state index is -3.91. The quantitative estimate of drug-likeness (QED) is 0.526. The number of hydrogen-bond donors (Lipinski definition) is 2. The van der Waals surface area contributed by atoms with Crippen LogP contribution < -0.4 is 19.5 Å². The molecule has 2 aliphatic rings. The zero-order valence-electron chi connectivity index (χ0n) is 19.5. The Morgan fingerprint density at radius 3 is 2.38 bits per heavy atom. The fraction of sp³-hybridized carbons (Fsp3) is 0.458. The highest BCUT2D eigenvalue weighted by Crippen LogP contribution is 2.48. The van der Waals surface area contributed by atoms with Crippen LogP contribution in [0.25, 0.3) is 0 Å². The van der Waals surface area contributed by atoms with E-state index in [1.165, 1.54) is 20.3 Å². The van der Waals surface area contributed by atoms with Gasteiger partial charge in [-0.2, -0.15) is 0 Å². The molecule has 0 unspecified atom stereocenters. The zero-order valence-corrected chi connectivity index (χ0v) is 20.3. The topological polar surface area (TPSA) is 106 Å². The van der Waals surface area contributed by atoms with Gasteiger partial charge in [-0.3, -0.25) is 14.4 Å². The molecule has 1 aliphatic carbocycles. The Morgan fingerprint density at radius 1 is 1.06 bits per heavy atom. The van der Waals surface area contributed by atoms with Crippen LogP contribution in [0.1, 0.15) is 18.4 Å².